The fourth-order valence-electron chi connectivity index (χ4n) is 2.78. The Hall–Kier alpha value is -1.07. The second-order valence-corrected chi connectivity index (χ2v) is 6.22. The maximum absolute atomic E-state index is 11.1. The van der Waals surface area contributed by atoms with Crippen LogP contribution in [0.4, 0.5) is 0 Å². The molecule has 110 valence electrons. The fraction of sp³-hybridized carbons (Fsp3) is 0.533. The van der Waals surface area contributed by atoms with Crippen molar-refractivity contribution in [2.75, 3.05) is 13.2 Å². The molecule has 0 aromatic heterocycles. The van der Waals surface area contributed by atoms with Crippen LogP contribution < -0.4 is 16.2 Å². The number of benzene rings is 1. The van der Waals surface area contributed by atoms with Crippen molar-refractivity contribution in [3.05, 3.63) is 28.2 Å². The molecule has 1 aliphatic carbocycles. The van der Waals surface area contributed by atoms with E-state index < -0.39 is 5.91 Å². The van der Waals surface area contributed by atoms with Gasteiger partial charge in [0.05, 0.1) is 11.1 Å². The van der Waals surface area contributed by atoms with E-state index in [0.29, 0.717) is 24.0 Å². The van der Waals surface area contributed by atoms with Crippen molar-refractivity contribution < 1.29 is 9.53 Å². The fourth-order valence-corrected chi connectivity index (χ4v) is 3.28. The van der Waals surface area contributed by atoms with E-state index in [2.05, 4.69) is 15.9 Å². The van der Waals surface area contributed by atoms with Crippen molar-refractivity contribution in [2.45, 2.75) is 25.7 Å². The molecule has 1 aromatic carbocycles. The summed E-state index contributed by atoms with van der Waals surface area (Å²) in [4.78, 5) is 11.1. The summed E-state index contributed by atoms with van der Waals surface area (Å²) in [6.07, 6.45) is 4.91. The molecule has 5 heteroatoms. The zero-order valence-electron chi connectivity index (χ0n) is 11.5. The predicted molar refractivity (Wildman–Crippen MR) is 82.7 cm³/mol. The minimum atomic E-state index is -0.437. The van der Waals surface area contributed by atoms with E-state index in [1.807, 2.05) is 0 Å². The van der Waals surface area contributed by atoms with E-state index in [0.717, 1.165) is 16.8 Å². The van der Waals surface area contributed by atoms with Crippen LogP contribution in [0.25, 0.3) is 0 Å². The van der Waals surface area contributed by atoms with E-state index in [1.165, 1.54) is 25.7 Å². The molecule has 0 saturated heterocycles. The average molecular weight is 341 g/mol. The Morgan fingerprint density at radius 3 is 2.60 bits per heavy atom. The minimum absolute atomic E-state index is 0.437. The number of ether oxygens (including phenoxy) is 1. The van der Waals surface area contributed by atoms with Crippen molar-refractivity contribution in [2.24, 2.45) is 23.3 Å². The van der Waals surface area contributed by atoms with E-state index >= 15 is 0 Å². The van der Waals surface area contributed by atoms with Crippen molar-refractivity contribution >= 4 is 21.8 Å². The second kappa shape index (κ2) is 7.09. The summed E-state index contributed by atoms with van der Waals surface area (Å²) >= 11 is 3.42. The summed E-state index contributed by atoms with van der Waals surface area (Å²) in [5, 5.41) is 0. The van der Waals surface area contributed by atoms with E-state index in [9.17, 15) is 4.79 Å². The number of hydrogen-bond acceptors (Lipinski definition) is 3. The Morgan fingerprint density at radius 1 is 1.30 bits per heavy atom. The molecule has 4 nitrogen and oxygen atoms in total. The smallest absolute Gasteiger partial charge is 0.248 e. The van der Waals surface area contributed by atoms with E-state index in [4.69, 9.17) is 16.2 Å². The first-order chi connectivity index (χ1) is 9.61. The zero-order valence-corrected chi connectivity index (χ0v) is 13.1. The summed E-state index contributed by atoms with van der Waals surface area (Å²) < 4.78 is 6.65. The highest BCUT2D eigenvalue weighted by Crippen LogP contribution is 2.32. The molecule has 0 spiro atoms. The molecule has 2 unspecified atom stereocenters. The summed E-state index contributed by atoms with van der Waals surface area (Å²) in [6.45, 7) is 1.41. The number of carbonyl (C=O) groups excluding carboxylic acids is 1. The van der Waals surface area contributed by atoms with E-state index in [-0.39, 0.29) is 0 Å². The monoisotopic (exact) mass is 340 g/mol. The molecule has 0 bridgehead atoms. The highest BCUT2D eigenvalue weighted by Gasteiger charge is 2.24. The Kier molecular flexibility index (Phi) is 5.43. The Morgan fingerprint density at radius 2 is 2.00 bits per heavy atom. The quantitative estimate of drug-likeness (QED) is 0.864. The van der Waals surface area contributed by atoms with Gasteiger partial charge in [0.2, 0.25) is 5.91 Å². The first kappa shape index (κ1) is 15.3. The summed E-state index contributed by atoms with van der Waals surface area (Å²) in [6, 6.07) is 5.16. The molecular formula is C15H21BrN2O2. The molecule has 1 saturated carbocycles. The predicted octanol–water partition coefficient (Wildman–Crippen LogP) is 2.69. The lowest BCUT2D eigenvalue weighted by atomic mass is 9.80. The van der Waals surface area contributed by atoms with Gasteiger partial charge in [0, 0.05) is 5.56 Å². The molecule has 2 atom stereocenters. The molecule has 0 radical (unpaired) electrons. The number of halogens is 1. The van der Waals surface area contributed by atoms with Crippen LogP contribution in [0.2, 0.25) is 0 Å². The van der Waals surface area contributed by atoms with Gasteiger partial charge in [-0.25, -0.2) is 0 Å². The number of rotatable bonds is 5. The SMILES string of the molecule is NCC1CCCCC1COc1ccc(C(N)=O)cc1Br. The highest BCUT2D eigenvalue weighted by molar-refractivity contribution is 9.10. The van der Waals surface area contributed by atoms with Gasteiger partial charge in [0.1, 0.15) is 5.75 Å². The van der Waals surface area contributed by atoms with Crippen LogP contribution in [-0.2, 0) is 0 Å². The van der Waals surface area contributed by atoms with Crippen molar-refractivity contribution in [1.29, 1.82) is 0 Å². The molecule has 1 fully saturated rings. The number of hydrogen-bond donors (Lipinski definition) is 2. The third-order valence-electron chi connectivity index (χ3n) is 4.04. The van der Waals surface area contributed by atoms with Gasteiger partial charge < -0.3 is 16.2 Å². The summed E-state index contributed by atoms with van der Waals surface area (Å²) in [7, 11) is 0. The Balaban J connectivity index is 1.98. The van der Waals surface area contributed by atoms with Crippen LogP contribution in [0.1, 0.15) is 36.0 Å². The lowest BCUT2D eigenvalue weighted by Gasteiger charge is -2.30. The topological polar surface area (TPSA) is 78.3 Å². The van der Waals surface area contributed by atoms with Crippen LogP contribution in [0.3, 0.4) is 0 Å². The molecule has 20 heavy (non-hydrogen) atoms. The molecule has 4 N–H and O–H groups in total. The van der Waals surface area contributed by atoms with E-state index in [1.54, 1.807) is 18.2 Å². The van der Waals surface area contributed by atoms with Gasteiger partial charge in [-0.05, 0) is 65.4 Å². The number of amides is 1. The zero-order chi connectivity index (χ0) is 14.5. The Bertz CT molecular complexity index is 479. The average Bonchev–Trinajstić information content (AvgIpc) is 2.46. The van der Waals surface area contributed by atoms with Crippen LogP contribution in [-0.4, -0.2) is 19.1 Å². The lowest BCUT2D eigenvalue weighted by molar-refractivity contribution is 0.1000. The molecule has 1 aliphatic rings. The second-order valence-electron chi connectivity index (χ2n) is 5.36. The maximum atomic E-state index is 11.1. The summed E-state index contributed by atoms with van der Waals surface area (Å²) in [5.74, 6) is 1.40. The van der Waals surface area contributed by atoms with Gasteiger partial charge >= 0.3 is 0 Å². The first-order valence-corrected chi connectivity index (χ1v) is 7.83. The molecular weight excluding hydrogens is 320 g/mol. The minimum Gasteiger partial charge on any atom is -0.492 e. The normalized spacial score (nSPS) is 22.5. The summed E-state index contributed by atoms with van der Waals surface area (Å²) in [5.41, 5.74) is 11.5. The largest absolute Gasteiger partial charge is 0.492 e. The molecule has 1 aromatic rings. The van der Waals surface area contributed by atoms with Crippen LogP contribution >= 0.6 is 15.9 Å². The third-order valence-corrected chi connectivity index (χ3v) is 4.66. The van der Waals surface area contributed by atoms with Crippen LogP contribution in [0, 0.1) is 11.8 Å². The maximum Gasteiger partial charge on any atom is 0.248 e. The van der Waals surface area contributed by atoms with Gasteiger partial charge in [0.15, 0.2) is 0 Å². The molecule has 2 rings (SSSR count). The number of nitrogens with two attached hydrogens (primary N) is 2. The Labute approximate surface area is 128 Å². The van der Waals surface area contributed by atoms with Gasteiger partial charge in [-0.15, -0.1) is 0 Å². The van der Waals surface area contributed by atoms with Gasteiger partial charge in [-0.1, -0.05) is 12.8 Å². The lowest BCUT2D eigenvalue weighted by Crippen LogP contribution is -2.30. The number of primary amides is 1. The van der Waals surface area contributed by atoms with Crippen LogP contribution in [0.5, 0.6) is 5.75 Å². The van der Waals surface area contributed by atoms with Crippen molar-refractivity contribution in [3.8, 4) is 5.75 Å². The first-order valence-electron chi connectivity index (χ1n) is 7.04. The molecule has 0 heterocycles. The number of carbonyl (C=O) groups is 1. The third kappa shape index (κ3) is 3.73. The molecule has 0 aliphatic heterocycles. The standard InChI is InChI=1S/C15H21BrN2O2/c16-13-7-10(15(18)19)5-6-14(13)20-9-12-4-2-1-3-11(12)8-17/h5-7,11-12H,1-4,8-9,17H2,(H2,18,19). The highest BCUT2D eigenvalue weighted by atomic mass is 79.9. The van der Waals surface area contributed by atoms with Crippen molar-refractivity contribution in [3.63, 3.8) is 0 Å². The van der Waals surface area contributed by atoms with Crippen molar-refractivity contribution in [1.82, 2.24) is 0 Å². The van der Waals surface area contributed by atoms with Gasteiger partial charge in [0.25, 0.3) is 0 Å². The van der Waals surface area contributed by atoms with Gasteiger partial charge in [-0.3, -0.25) is 4.79 Å². The van der Waals surface area contributed by atoms with Gasteiger partial charge in [-0.2, -0.15) is 0 Å². The molecule has 1 amide bonds. The van der Waals surface area contributed by atoms with Crippen LogP contribution in [0.15, 0.2) is 22.7 Å².